The molecule has 0 aliphatic carbocycles. The zero-order valence-electron chi connectivity index (χ0n) is 16.7. The van der Waals surface area contributed by atoms with E-state index in [4.69, 9.17) is 0 Å². The van der Waals surface area contributed by atoms with E-state index in [1.807, 2.05) is 26.0 Å². The molecule has 0 saturated heterocycles. The smallest absolute Gasteiger partial charge is 0.254 e. The van der Waals surface area contributed by atoms with Crippen LogP contribution in [0.2, 0.25) is 0 Å². The van der Waals surface area contributed by atoms with Crippen LogP contribution in [0, 0.1) is 13.8 Å². The normalized spacial score (nSPS) is 11.4. The quantitative estimate of drug-likeness (QED) is 0.802. The van der Waals surface area contributed by atoms with E-state index < -0.39 is 15.9 Å². The molecule has 0 aromatic heterocycles. The summed E-state index contributed by atoms with van der Waals surface area (Å²) >= 11 is 0. The summed E-state index contributed by atoms with van der Waals surface area (Å²) in [6.45, 7) is 3.71. The second-order valence-corrected chi connectivity index (χ2v) is 8.92. The third kappa shape index (κ3) is 4.76. The van der Waals surface area contributed by atoms with Crippen LogP contribution in [-0.2, 0) is 14.8 Å². The molecule has 28 heavy (non-hydrogen) atoms. The number of benzene rings is 2. The highest BCUT2D eigenvalue weighted by Gasteiger charge is 2.21. The van der Waals surface area contributed by atoms with Crippen LogP contribution in [0.1, 0.15) is 21.5 Å². The molecule has 1 N–H and O–H groups in total. The van der Waals surface area contributed by atoms with Gasteiger partial charge in [-0.05, 0) is 49.2 Å². The Morgan fingerprint density at radius 2 is 1.64 bits per heavy atom. The van der Waals surface area contributed by atoms with E-state index in [2.05, 4.69) is 5.32 Å². The minimum Gasteiger partial charge on any atom is -0.332 e. The van der Waals surface area contributed by atoms with Gasteiger partial charge in [0, 0.05) is 32.4 Å². The Hall–Kier alpha value is -2.71. The van der Waals surface area contributed by atoms with Crippen molar-refractivity contribution < 1.29 is 18.0 Å². The topological polar surface area (TPSA) is 86.8 Å². The number of nitrogens with one attached hydrogen (secondary N) is 1. The van der Waals surface area contributed by atoms with Crippen LogP contribution < -0.4 is 5.32 Å². The molecule has 0 fully saturated rings. The van der Waals surface area contributed by atoms with Crippen molar-refractivity contribution in [2.75, 3.05) is 33.0 Å². The molecular weight excluding hydrogens is 378 g/mol. The van der Waals surface area contributed by atoms with Crippen molar-refractivity contribution in [2.45, 2.75) is 18.7 Å². The van der Waals surface area contributed by atoms with Crippen LogP contribution in [0.5, 0.6) is 0 Å². The van der Waals surface area contributed by atoms with E-state index in [0.717, 1.165) is 15.4 Å². The Bertz CT molecular complexity index is 1000. The summed E-state index contributed by atoms with van der Waals surface area (Å²) in [5, 5.41) is 2.80. The molecular formula is C20H25N3O4S. The molecule has 0 spiro atoms. The van der Waals surface area contributed by atoms with Crippen LogP contribution in [0.3, 0.4) is 0 Å². The van der Waals surface area contributed by atoms with Gasteiger partial charge in [-0.1, -0.05) is 18.2 Å². The fourth-order valence-corrected chi connectivity index (χ4v) is 3.53. The Kier molecular flexibility index (Phi) is 6.58. The van der Waals surface area contributed by atoms with Gasteiger partial charge in [0.1, 0.15) is 0 Å². The lowest BCUT2D eigenvalue weighted by molar-refractivity contribution is -0.116. The summed E-state index contributed by atoms with van der Waals surface area (Å²) in [5.74, 6) is -0.770. The average Bonchev–Trinajstić information content (AvgIpc) is 2.64. The number of likely N-dealkylation sites (N-methyl/N-ethyl adjacent to an activating group) is 1. The first-order valence-electron chi connectivity index (χ1n) is 8.68. The van der Waals surface area contributed by atoms with Crippen molar-refractivity contribution in [3.8, 4) is 0 Å². The van der Waals surface area contributed by atoms with Gasteiger partial charge in [-0.25, -0.2) is 12.7 Å². The van der Waals surface area contributed by atoms with Crippen molar-refractivity contribution in [1.82, 2.24) is 9.21 Å². The average molecular weight is 404 g/mol. The third-order valence-electron chi connectivity index (χ3n) is 4.47. The number of amides is 2. The zero-order chi connectivity index (χ0) is 21.1. The van der Waals surface area contributed by atoms with E-state index in [-0.39, 0.29) is 22.9 Å². The van der Waals surface area contributed by atoms with Gasteiger partial charge in [-0.3, -0.25) is 9.59 Å². The molecule has 2 rings (SSSR count). The van der Waals surface area contributed by atoms with Gasteiger partial charge in [0.05, 0.1) is 11.4 Å². The molecule has 0 unspecified atom stereocenters. The molecule has 2 aromatic carbocycles. The summed E-state index contributed by atoms with van der Waals surface area (Å²) in [4.78, 5) is 26.2. The predicted molar refractivity (Wildman–Crippen MR) is 109 cm³/mol. The Morgan fingerprint density at radius 1 is 1.00 bits per heavy atom. The fraction of sp³-hybridized carbons (Fsp3) is 0.300. The molecule has 0 heterocycles. The summed E-state index contributed by atoms with van der Waals surface area (Å²) in [7, 11) is 0.699. The number of sulfonamides is 1. The van der Waals surface area contributed by atoms with Gasteiger partial charge in [-0.15, -0.1) is 0 Å². The molecule has 0 radical (unpaired) electrons. The van der Waals surface area contributed by atoms with Crippen molar-refractivity contribution in [3.63, 3.8) is 0 Å². The lowest BCUT2D eigenvalue weighted by atomic mass is 10.1. The first kappa shape index (κ1) is 21.6. The Labute approximate surface area is 166 Å². The number of rotatable bonds is 6. The molecule has 0 aliphatic heterocycles. The molecule has 0 bridgehead atoms. The first-order chi connectivity index (χ1) is 13.0. The maximum absolute atomic E-state index is 12.6. The van der Waals surface area contributed by atoms with Crippen molar-refractivity contribution in [3.05, 3.63) is 59.2 Å². The highest BCUT2D eigenvalue weighted by atomic mass is 32.2. The molecule has 0 saturated carbocycles. The number of carbonyl (C=O) groups is 2. The summed E-state index contributed by atoms with van der Waals surface area (Å²) in [6.07, 6.45) is 0. The summed E-state index contributed by atoms with van der Waals surface area (Å²) in [5.41, 5.74) is 2.92. The molecule has 2 amide bonds. The molecule has 150 valence electrons. The number of nitrogens with zero attached hydrogens (tertiary/aromatic N) is 2. The minimum absolute atomic E-state index is 0.0246. The molecule has 2 aromatic rings. The highest BCUT2D eigenvalue weighted by Crippen LogP contribution is 2.18. The van der Waals surface area contributed by atoms with E-state index in [9.17, 15) is 18.0 Å². The van der Waals surface area contributed by atoms with Crippen LogP contribution >= 0.6 is 0 Å². The van der Waals surface area contributed by atoms with Crippen LogP contribution in [-0.4, -0.2) is 57.1 Å². The molecule has 8 heteroatoms. The van der Waals surface area contributed by atoms with E-state index >= 15 is 0 Å². The van der Waals surface area contributed by atoms with Gasteiger partial charge in [0.25, 0.3) is 5.91 Å². The largest absolute Gasteiger partial charge is 0.332 e. The predicted octanol–water partition coefficient (Wildman–Crippen LogP) is 2.26. The highest BCUT2D eigenvalue weighted by molar-refractivity contribution is 7.89. The standard InChI is InChI=1S/C20H25N3O4S/c1-14-8-6-11-18(15(14)2)21-19(24)13-23(5)20(25)16-9-7-10-17(12-16)28(26,27)22(3)4/h6-12H,13H2,1-5H3,(H,21,24). The lowest BCUT2D eigenvalue weighted by Crippen LogP contribution is -2.35. The number of carbonyl (C=O) groups excluding carboxylic acids is 2. The van der Waals surface area contributed by atoms with Crippen LogP contribution in [0.4, 0.5) is 5.69 Å². The SMILES string of the molecule is Cc1cccc(NC(=O)CN(C)C(=O)c2cccc(S(=O)(=O)N(C)C)c2)c1C. The maximum Gasteiger partial charge on any atom is 0.254 e. The molecule has 0 aliphatic rings. The summed E-state index contributed by atoms with van der Waals surface area (Å²) < 4.78 is 25.6. The van der Waals surface area contributed by atoms with E-state index in [1.165, 1.54) is 50.3 Å². The third-order valence-corrected chi connectivity index (χ3v) is 6.28. The van der Waals surface area contributed by atoms with Crippen molar-refractivity contribution in [2.24, 2.45) is 0 Å². The van der Waals surface area contributed by atoms with Gasteiger partial charge in [-0.2, -0.15) is 0 Å². The van der Waals surface area contributed by atoms with Crippen molar-refractivity contribution in [1.29, 1.82) is 0 Å². The molecule has 7 nitrogen and oxygen atoms in total. The Balaban J connectivity index is 2.12. The maximum atomic E-state index is 12.6. The lowest BCUT2D eigenvalue weighted by Gasteiger charge is -2.18. The van der Waals surface area contributed by atoms with Crippen LogP contribution in [0.15, 0.2) is 47.4 Å². The number of hydrogen-bond acceptors (Lipinski definition) is 4. The Morgan fingerprint density at radius 3 is 2.29 bits per heavy atom. The van der Waals surface area contributed by atoms with Crippen LogP contribution in [0.25, 0.3) is 0 Å². The van der Waals surface area contributed by atoms with Crippen molar-refractivity contribution >= 4 is 27.5 Å². The first-order valence-corrected chi connectivity index (χ1v) is 10.1. The second-order valence-electron chi connectivity index (χ2n) is 6.77. The van der Waals surface area contributed by atoms with Gasteiger partial charge in [0.2, 0.25) is 15.9 Å². The monoisotopic (exact) mass is 403 g/mol. The summed E-state index contributed by atoms with van der Waals surface area (Å²) in [6, 6.07) is 11.4. The van der Waals surface area contributed by atoms with Gasteiger partial charge < -0.3 is 10.2 Å². The minimum atomic E-state index is -3.65. The zero-order valence-corrected chi connectivity index (χ0v) is 17.5. The second kappa shape index (κ2) is 8.53. The van der Waals surface area contributed by atoms with E-state index in [0.29, 0.717) is 5.69 Å². The fourth-order valence-electron chi connectivity index (χ4n) is 2.58. The van der Waals surface area contributed by atoms with Gasteiger partial charge >= 0.3 is 0 Å². The number of hydrogen-bond donors (Lipinski definition) is 1. The number of anilines is 1. The molecule has 0 atom stereocenters. The van der Waals surface area contributed by atoms with Gasteiger partial charge in [0.15, 0.2) is 0 Å². The van der Waals surface area contributed by atoms with E-state index in [1.54, 1.807) is 6.07 Å². The number of aryl methyl sites for hydroxylation is 1.